The van der Waals surface area contributed by atoms with Crippen LogP contribution in [0.4, 0.5) is 0 Å². The van der Waals surface area contributed by atoms with Crippen molar-refractivity contribution in [1.29, 1.82) is 0 Å². The summed E-state index contributed by atoms with van der Waals surface area (Å²) in [5, 5.41) is 5.97. The lowest BCUT2D eigenvalue weighted by Crippen LogP contribution is -2.37. The zero-order valence-electron chi connectivity index (χ0n) is 16.4. The Balaban J connectivity index is 1.76. The summed E-state index contributed by atoms with van der Waals surface area (Å²) in [5.41, 5.74) is 0.869. The van der Waals surface area contributed by atoms with Crippen LogP contribution in [0.5, 0.6) is 0 Å². The summed E-state index contributed by atoms with van der Waals surface area (Å²) >= 11 is 0. The van der Waals surface area contributed by atoms with E-state index >= 15 is 0 Å². The molecule has 1 fully saturated rings. The second-order valence-electron chi connectivity index (χ2n) is 8.08. The first-order valence-corrected chi connectivity index (χ1v) is 9.72. The van der Waals surface area contributed by atoms with E-state index in [1.165, 1.54) is 18.4 Å². The zero-order chi connectivity index (χ0) is 19.0. The molecule has 0 radical (unpaired) electrons. The number of amides is 2. The third-order valence-electron chi connectivity index (χ3n) is 4.81. The van der Waals surface area contributed by atoms with Crippen molar-refractivity contribution in [3.05, 3.63) is 35.9 Å². The molecule has 2 amide bonds. The summed E-state index contributed by atoms with van der Waals surface area (Å²) in [4.78, 5) is 26.5. The van der Waals surface area contributed by atoms with E-state index in [0.29, 0.717) is 25.9 Å². The van der Waals surface area contributed by atoms with Gasteiger partial charge in [-0.1, -0.05) is 51.1 Å². The SMILES string of the molecule is CC(C)(C)C(=O)NCCCC(=O)NCC(c1ccccc1)N1CCCC1. The van der Waals surface area contributed by atoms with Gasteiger partial charge in [-0.3, -0.25) is 14.5 Å². The zero-order valence-corrected chi connectivity index (χ0v) is 16.4. The van der Waals surface area contributed by atoms with Crippen molar-refractivity contribution < 1.29 is 9.59 Å². The van der Waals surface area contributed by atoms with Gasteiger partial charge < -0.3 is 10.6 Å². The molecular formula is C21H33N3O2. The highest BCUT2D eigenvalue weighted by molar-refractivity contribution is 5.81. The Morgan fingerprint density at radius 1 is 1.08 bits per heavy atom. The van der Waals surface area contributed by atoms with E-state index in [1.807, 2.05) is 26.8 Å². The molecule has 1 aromatic rings. The molecule has 144 valence electrons. The van der Waals surface area contributed by atoms with Gasteiger partial charge in [0.2, 0.25) is 11.8 Å². The van der Waals surface area contributed by atoms with Crippen molar-refractivity contribution in [3.8, 4) is 0 Å². The maximum absolute atomic E-state index is 12.2. The molecule has 0 saturated carbocycles. The van der Waals surface area contributed by atoms with Crippen molar-refractivity contribution in [3.63, 3.8) is 0 Å². The number of hydrogen-bond acceptors (Lipinski definition) is 3. The monoisotopic (exact) mass is 359 g/mol. The molecule has 0 aliphatic carbocycles. The maximum atomic E-state index is 12.2. The van der Waals surface area contributed by atoms with Gasteiger partial charge in [0.15, 0.2) is 0 Å². The van der Waals surface area contributed by atoms with Crippen LogP contribution >= 0.6 is 0 Å². The second kappa shape index (κ2) is 9.72. The quantitative estimate of drug-likeness (QED) is 0.702. The Labute approximate surface area is 157 Å². The molecule has 1 aliphatic rings. The van der Waals surface area contributed by atoms with E-state index < -0.39 is 0 Å². The summed E-state index contributed by atoms with van der Waals surface area (Å²) in [5.74, 6) is 0.0752. The molecule has 1 heterocycles. The van der Waals surface area contributed by atoms with E-state index in [0.717, 1.165) is 13.1 Å². The molecule has 0 spiro atoms. The highest BCUT2D eigenvalue weighted by Gasteiger charge is 2.24. The van der Waals surface area contributed by atoms with Crippen LogP contribution in [-0.2, 0) is 9.59 Å². The minimum atomic E-state index is -0.388. The van der Waals surface area contributed by atoms with Crippen molar-refractivity contribution in [2.75, 3.05) is 26.2 Å². The van der Waals surface area contributed by atoms with Crippen LogP contribution in [0, 0.1) is 5.41 Å². The fraction of sp³-hybridized carbons (Fsp3) is 0.619. The van der Waals surface area contributed by atoms with Crippen LogP contribution in [0.1, 0.15) is 58.1 Å². The van der Waals surface area contributed by atoms with Crippen molar-refractivity contribution in [2.45, 2.75) is 52.5 Å². The Morgan fingerprint density at radius 3 is 2.35 bits per heavy atom. The Kier molecular flexibility index (Phi) is 7.64. The molecular weight excluding hydrogens is 326 g/mol. The molecule has 5 heteroatoms. The highest BCUT2D eigenvalue weighted by Crippen LogP contribution is 2.24. The summed E-state index contributed by atoms with van der Waals surface area (Å²) in [6.45, 7) is 9.02. The molecule has 1 aliphatic heterocycles. The Bertz CT molecular complexity index is 575. The predicted octanol–water partition coefficient (Wildman–Crippen LogP) is 2.88. The Hall–Kier alpha value is -1.88. The van der Waals surface area contributed by atoms with E-state index in [9.17, 15) is 9.59 Å². The van der Waals surface area contributed by atoms with E-state index in [-0.39, 0.29) is 23.3 Å². The van der Waals surface area contributed by atoms with Crippen molar-refractivity contribution >= 4 is 11.8 Å². The van der Waals surface area contributed by atoms with Gasteiger partial charge in [-0.25, -0.2) is 0 Å². The minimum Gasteiger partial charge on any atom is -0.356 e. The lowest BCUT2D eigenvalue weighted by atomic mass is 9.96. The van der Waals surface area contributed by atoms with Crippen LogP contribution in [-0.4, -0.2) is 42.9 Å². The number of likely N-dealkylation sites (tertiary alicyclic amines) is 1. The van der Waals surface area contributed by atoms with Gasteiger partial charge in [0, 0.05) is 24.9 Å². The summed E-state index contributed by atoms with van der Waals surface area (Å²) in [6.07, 6.45) is 3.55. The fourth-order valence-electron chi connectivity index (χ4n) is 3.20. The second-order valence-corrected chi connectivity index (χ2v) is 8.08. The van der Waals surface area contributed by atoms with Gasteiger partial charge in [-0.2, -0.15) is 0 Å². The van der Waals surface area contributed by atoms with Crippen molar-refractivity contribution in [1.82, 2.24) is 15.5 Å². The van der Waals surface area contributed by atoms with E-state index in [4.69, 9.17) is 0 Å². The number of hydrogen-bond donors (Lipinski definition) is 2. The lowest BCUT2D eigenvalue weighted by molar-refractivity contribution is -0.128. The average Bonchev–Trinajstić information content (AvgIpc) is 3.13. The predicted molar refractivity (Wildman–Crippen MR) is 105 cm³/mol. The van der Waals surface area contributed by atoms with Crippen LogP contribution in [0.3, 0.4) is 0 Å². The molecule has 2 N–H and O–H groups in total. The van der Waals surface area contributed by atoms with Gasteiger partial charge in [-0.15, -0.1) is 0 Å². The molecule has 1 saturated heterocycles. The van der Waals surface area contributed by atoms with Crippen LogP contribution < -0.4 is 10.6 Å². The number of carbonyl (C=O) groups is 2. The molecule has 2 rings (SSSR count). The molecule has 0 bridgehead atoms. The third kappa shape index (κ3) is 6.45. The van der Waals surface area contributed by atoms with Gasteiger partial charge in [0.05, 0.1) is 6.04 Å². The topological polar surface area (TPSA) is 61.4 Å². The van der Waals surface area contributed by atoms with Crippen molar-refractivity contribution in [2.24, 2.45) is 5.41 Å². The number of benzene rings is 1. The molecule has 1 aromatic carbocycles. The molecule has 1 atom stereocenters. The smallest absolute Gasteiger partial charge is 0.225 e. The number of rotatable bonds is 8. The minimum absolute atomic E-state index is 0.0242. The highest BCUT2D eigenvalue weighted by atomic mass is 16.2. The Morgan fingerprint density at radius 2 is 1.73 bits per heavy atom. The van der Waals surface area contributed by atoms with Gasteiger partial charge in [0.1, 0.15) is 0 Å². The maximum Gasteiger partial charge on any atom is 0.225 e. The van der Waals surface area contributed by atoms with E-state index in [1.54, 1.807) is 0 Å². The average molecular weight is 360 g/mol. The first kappa shape index (κ1) is 20.4. The fourth-order valence-corrected chi connectivity index (χ4v) is 3.20. The third-order valence-corrected chi connectivity index (χ3v) is 4.81. The first-order chi connectivity index (χ1) is 12.4. The molecule has 5 nitrogen and oxygen atoms in total. The first-order valence-electron chi connectivity index (χ1n) is 9.72. The molecule has 0 aromatic heterocycles. The molecule has 26 heavy (non-hydrogen) atoms. The van der Waals surface area contributed by atoms with Gasteiger partial charge >= 0.3 is 0 Å². The number of nitrogens with zero attached hydrogens (tertiary/aromatic N) is 1. The normalized spacial score (nSPS) is 16.3. The summed E-state index contributed by atoms with van der Waals surface area (Å²) in [6, 6.07) is 10.6. The van der Waals surface area contributed by atoms with Crippen LogP contribution in [0.25, 0.3) is 0 Å². The van der Waals surface area contributed by atoms with Crippen LogP contribution in [0.15, 0.2) is 30.3 Å². The number of nitrogens with one attached hydrogen (secondary N) is 2. The summed E-state index contributed by atoms with van der Waals surface area (Å²) < 4.78 is 0. The number of carbonyl (C=O) groups excluding carboxylic acids is 2. The van der Waals surface area contributed by atoms with Gasteiger partial charge in [-0.05, 0) is 37.9 Å². The largest absolute Gasteiger partial charge is 0.356 e. The van der Waals surface area contributed by atoms with Gasteiger partial charge in [0.25, 0.3) is 0 Å². The standard InChI is InChI=1S/C21H33N3O2/c1-21(2,3)20(26)22-13-9-12-19(25)23-16-18(24-14-7-8-15-24)17-10-5-4-6-11-17/h4-6,10-11,18H,7-9,12-16H2,1-3H3,(H,22,26)(H,23,25). The van der Waals surface area contributed by atoms with E-state index in [2.05, 4.69) is 39.8 Å². The molecule has 1 unspecified atom stereocenters. The summed E-state index contributed by atoms with van der Waals surface area (Å²) in [7, 11) is 0. The lowest BCUT2D eigenvalue weighted by Gasteiger charge is -2.28. The van der Waals surface area contributed by atoms with Crippen LogP contribution in [0.2, 0.25) is 0 Å².